The van der Waals surface area contributed by atoms with E-state index in [0.717, 1.165) is 33.2 Å². The summed E-state index contributed by atoms with van der Waals surface area (Å²) in [6, 6.07) is 56.8. The molecule has 0 fully saturated rings. The summed E-state index contributed by atoms with van der Waals surface area (Å²) >= 11 is 0. The third kappa shape index (κ3) is 4.34. The number of hydrogen-bond donors (Lipinski definition) is 0. The fourth-order valence-corrected chi connectivity index (χ4v) is 8.58. The second-order valence-electron chi connectivity index (χ2n) is 13.8. The fraction of sp³-hybridized carbons (Fsp3) is 0.0417. The molecule has 0 amide bonds. The van der Waals surface area contributed by atoms with Crippen molar-refractivity contribution in [1.29, 1.82) is 0 Å². The van der Waals surface area contributed by atoms with E-state index in [1.165, 1.54) is 49.6 Å². The third-order valence-corrected chi connectivity index (χ3v) is 10.9. The third-order valence-electron chi connectivity index (χ3n) is 10.9. The lowest BCUT2D eigenvalue weighted by molar-refractivity contribution is 0.745. The van der Waals surface area contributed by atoms with Crippen LogP contribution in [0.15, 0.2) is 182 Å². The molecule has 7 aromatic carbocycles. The molecule has 1 aliphatic heterocycles. The molecule has 9 aromatic rings. The Balaban J connectivity index is 1.14. The normalized spacial score (nSPS) is 16.3. The van der Waals surface area contributed by atoms with Crippen molar-refractivity contribution >= 4 is 54.9 Å². The first-order valence-corrected chi connectivity index (χ1v) is 17.9. The lowest BCUT2D eigenvalue weighted by atomic mass is 9.89. The average Bonchev–Trinajstić information content (AvgIpc) is 3.73. The first-order valence-electron chi connectivity index (χ1n) is 17.9. The van der Waals surface area contributed by atoms with Crippen LogP contribution in [0.2, 0.25) is 0 Å². The zero-order valence-corrected chi connectivity index (χ0v) is 28.3. The van der Waals surface area contributed by atoms with E-state index in [2.05, 4.69) is 185 Å². The number of fused-ring (bicyclic) bond motifs is 9. The molecule has 0 saturated carbocycles. The van der Waals surface area contributed by atoms with Crippen molar-refractivity contribution in [2.75, 3.05) is 4.90 Å². The zero-order chi connectivity index (χ0) is 34.2. The van der Waals surface area contributed by atoms with Crippen molar-refractivity contribution in [3.63, 3.8) is 0 Å². The first kappa shape index (κ1) is 29.0. The molecule has 4 heteroatoms. The summed E-state index contributed by atoms with van der Waals surface area (Å²) < 4.78 is 2.25. The van der Waals surface area contributed by atoms with Crippen LogP contribution in [0.5, 0.6) is 0 Å². The number of allylic oxidation sites excluding steroid dienone is 2. The SMILES string of the molecule is C1=CC2c3cc(-c4ccc5c(c4)c4c6ccccc6ccc4n5-c4nc(-c5ccccc5)c5ccccc5n4)ccc3N(c3ccccc3)C2C=C1. The summed E-state index contributed by atoms with van der Waals surface area (Å²) in [5.74, 6) is 0.959. The predicted octanol–water partition coefficient (Wildman–Crippen LogP) is 11.9. The van der Waals surface area contributed by atoms with Crippen LogP contribution in [-0.2, 0) is 0 Å². The molecule has 4 nitrogen and oxygen atoms in total. The summed E-state index contributed by atoms with van der Waals surface area (Å²) in [4.78, 5) is 13.0. The Kier molecular flexibility index (Phi) is 6.34. The summed E-state index contributed by atoms with van der Waals surface area (Å²) in [5, 5.41) is 5.88. The number of benzene rings is 7. The standard InChI is InChI=1S/C48H32N4/c1-3-14-32(15-4-1)47-38-20-9-11-21-41(38)49-48(50-47)52-44-27-25-34(30-40(44)46-36-18-8-7-13-31(36)23-28-45(46)52)33-24-26-43-39(29-33)37-19-10-12-22-42(37)51(43)35-16-5-2-6-17-35/h1-30,37,42H. The monoisotopic (exact) mass is 664 g/mol. The Labute approximate surface area is 301 Å². The highest BCUT2D eigenvalue weighted by Gasteiger charge is 2.37. The molecule has 2 aliphatic rings. The molecular formula is C48H32N4. The maximum absolute atomic E-state index is 5.32. The minimum Gasteiger partial charge on any atom is -0.333 e. The van der Waals surface area contributed by atoms with Crippen molar-refractivity contribution in [3.8, 4) is 28.3 Å². The van der Waals surface area contributed by atoms with E-state index >= 15 is 0 Å². The number of para-hydroxylation sites is 2. The van der Waals surface area contributed by atoms with E-state index in [9.17, 15) is 0 Å². The van der Waals surface area contributed by atoms with Crippen LogP contribution < -0.4 is 4.90 Å². The maximum atomic E-state index is 5.32. The highest BCUT2D eigenvalue weighted by atomic mass is 15.2. The molecule has 0 bridgehead atoms. The van der Waals surface area contributed by atoms with E-state index < -0.39 is 0 Å². The molecule has 0 radical (unpaired) electrons. The first-order chi connectivity index (χ1) is 25.8. The Morgan fingerprint density at radius 2 is 1.21 bits per heavy atom. The van der Waals surface area contributed by atoms with Gasteiger partial charge in [0.05, 0.1) is 28.3 Å². The average molecular weight is 665 g/mol. The summed E-state index contributed by atoms with van der Waals surface area (Å²) in [6.07, 6.45) is 9.06. The van der Waals surface area contributed by atoms with Crippen LogP contribution in [0, 0.1) is 0 Å². The largest absolute Gasteiger partial charge is 0.333 e. The lowest BCUT2D eigenvalue weighted by Gasteiger charge is -2.28. The van der Waals surface area contributed by atoms with Gasteiger partial charge in [0.15, 0.2) is 0 Å². The van der Waals surface area contributed by atoms with E-state index in [4.69, 9.17) is 9.97 Å². The van der Waals surface area contributed by atoms with Crippen molar-refractivity contribution in [2.45, 2.75) is 12.0 Å². The number of rotatable bonds is 4. The molecule has 2 aromatic heterocycles. The summed E-state index contributed by atoms with van der Waals surface area (Å²) in [7, 11) is 0. The number of anilines is 2. The lowest BCUT2D eigenvalue weighted by Crippen LogP contribution is -2.28. The molecule has 2 atom stereocenters. The summed E-state index contributed by atoms with van der Waals surface area (Å²) in [5.41, 5.74) is 11.4. The Morgan fingerprint density at radius 3 is 2.10 bits per heavy atom. The van der Waals surface area contributed by atoms with Crippen LogP contribution in [0.4, 0.5) is 11.4 Å². The highest BCUT2D eigenvalue weighted by Crippen LogP contribution is 2.49. The van der Waals surface area contributed by atoms with Crippen LogP contribution in [0.25, 0.3) is 71.8 Å². The van der Waals surface area contributed by atoms with Gasteiger partial charge in [-0.05, 0) is 76.0 Å². The molecule has 2 unspecified atom stereocenters. The fourth-order valence-electron chi connectivity index (χ4n) is 8.58. The molecule has 244 valence electrons. The molecule has 1 aliphatic carbocycles. The molecule has 11 rings (SSSR count). The quantitative estimate of drug-likeness (QED) is 0.188. The molecule has 3 heterocycles. The van der Waals surface area contributed by atoms with Gasteiger partial charge in [0.1, 0.15) is 0 Å². The Morgan fingerprint density at radius 1 is 0.500 bits per heavy atom. The Bertz CT molecular complexity index is 2920. The van der Waals surface area contributed by atoms with Crippen LogP contribution in [-0.4, -0.2) is 20.6 Å². The number of aromatic nitrogens is 3. The minimum atomic E-state index is 0.257. The van der Waals surface area contributed by atoms with Crippen LogP contribution >= 0.6 is 0 Å². The van der Waals surface area contributed by atoms with Gasteiger partial charge in [0, 0.05) is 39.0 Å². The van der Waals surface area contributed by atoms with Crippen molar-refractivity contribution in [1.82, 2.24) is 14.5 Å². The second kappa shape index (κ2) is 11.4. The van der Waals surface area contributed by atoms with E-state index in [-0.39, 0.29) is 6.04 Å². The van der Waals surface area contributed by atoms with Gasteiger partial charge in [-0.2, -0.15) is 0 Å². The molecule has 52 heavy (non-hydrogen) atoms. The van der Waals surface area contributed by atoms with Gasteiger partial charge in [-0.25, -0.2) is 9.97 Å². The zero-order valence-electron chi connectivity index (χ0n) is 28.3. The molecule has 0 saturated heterocycles. The van der Waals surface area contributed by atoms with Crippen LogP contribution in [0.1, 0.15) is 11.5 Å². The maximum Gasteiger partial charge on any atom is 0.235 e. The van der Waals surface area contributed by atoms with Gasteiger partial charge in [-0.15, -0.1) is 0 Å². The predicted molar refractivity (Wildman–Crippen MR) is 216 cm³/mol. The van der Waals surface area contributed by atoms with Crippen molar-refractivity contribution in [2.24, 2.45) is 0 Å². The van der Waals surface area contributed by atoms with Gasteiger partial charge in [-0.3, -0.25) is 4.57 Å². The van der Waals surface area contributed by atoms with Gasteiger partial charge in [-0.1, -0.05) is 133 Å². The second-order valence-corrected chi connectivity index (χ2v) is 13.8. The van der Waals surface area contributed by atoms with Gasteiger partial charge >= 0.3 is 0 Å². The summed E-state index contributed by atoms with van der Waals surface area (Å²) in [6.45, 7) is 0. The Hall–Kier alpha value is -6.78. The molecular weight excluding hydrogens is 633 g/mol. The minimum absolute atomic E-state index is 0.257. The van der Waals surface area contributed by atoms with E-state index in [1.807, 2.05) is 6.07 Å². The molecule has 0 spiro atoms. The van der Waals surface area contributed by atoms with Gasteiger partial charge in [0.2, 0.25) is 5.95 Å². The smallest absolute Gasteiger partial charge is 0.235 e. The topological polar surface area (TPSA) is 34.0 Å². The van der Waals surface area contributed by atoms with Gasteiger partial charge in [0.25, 0.3) is 0 Å². The van der Waals surface area contributed by atoms with Crippen LogP contribution in [0.3, 0.4) is 0 Å². The van der Waals surface area contributed by atoms with Gasteiger partial charge < -0.3 is 4.90 Å². The molecule has 0 N–H and O–H groups in total. The van der Waals surface area contributed by atoms with E-state index in [0.29, 0.717) is 11.9 Å². The number of nitrogens with zero attached hydrogens (tertiary/aromatic N) is 4. The highest BCUT2D eigenvalue weighted by molar-refractivity contribution is 6.21. The van der Waals surface area contributed by atoms with Crippen molar-refractivity contribution < 1.29 is 0 Å². The van der Waals surface area contributed by atoms with E-state index in [1.54, 1.807) is 0 Å². The number of hydrogen-bond acceptors (Lipinski definition) is 3. The van der Waals surface area contributed by atoms with Crippen molar-refractivity contribution in [3.05, 3.63) is 188 Å².